The first kappa shape index (κ1) is 14.0. The summed E-state index contributed by atoms with van der Waals surface area (Å²) in [6.45, 7) is 9.00. The predicted octanol–water partition coefficient (Wildman–Crippen LogP) is 4.46. The Bertz CT molecular complexity index is 364. The van der Waals surface area contributed by atoms with Gasteiger partial charge >= 0.3 is 0 Å². The van der Waals surface area contributed by atoms with Crippen LogP contribution in [0.2, 0.25) is 0 Å². The lowest BCUT2D eigenvalue weighted by Gasteiger charge is -2.20. The highest BCUT2D eigenvalue weighted by Crippen LogP contribution is 2.30. The Labute approximate surface area is 105 Å². The van der Waals surface area contributed by atoms with E-state index in [0.717, 1.165) is 19.1 Å². The fraction of sp³-hybridized carbons (Fsp3) is 0.562. The zero-order valence-electron chi connectivity index (χ0n) is 11.5. The summed E-state index contributed by atoms with van der Waals surface area (Å²) in [7, 11) is 0. The molecule has 94 valence electrons. The van der Waals surface area contributed by atoms with E-state index < -0.39 is 0 Å². The average molecular weight is 232 g/mol. The van der Waals surface area contributed by atoms with Crippen molar-refractivity contribution in [1.82, 2.24) is 0 Å². The van der Waals surface area contributed by atoms with Gasteiger partial charge in [-0.1, -0.05) is 45.9 Å². The van der Waals surface area contributed by atoms with Gasteiger partial charge in [0, 0.05) is 6.42 Å². The molecule has 1 heteroatoms. The van der Waals surface area contributed by atoms with Crippen molar-refractivity contribution >= 4 is 6.29 Å². The van der Waals surface area contributed by atoms with Gasteiger partial charge in [0.15, 0.2) is 0 Å². The van der Waals surface area contributed by atoms with Crippen LogP contribution in [0.5, 0.6) is 0 Å². The third-order valence-electron chi connectivity index (χ3n) is 3.20. The van der Waals surface area contributed by atoms with Crippen LogP contribution >= 0.6 is 0 Å². The third kappa shape index (κ3) is 3.69. The molecule has 0 fully saturated rings. The molecule has 1 aromatic carbocycles. The molecule has 1 aromatic rings. The van der Waals surface area contributed by atoms with Crippen molar-refractivity contribution < 1.29 is 4.79 Å². The maximum absolute atomic E-state index is 10.4. The Hall–Kier alpha value is -1.11. The Balaban J connectivity index is 3.02. The van der Waals surface area contributed by atoms with E-state index in [4.69, 9.17) is 0 Å². The molecule has 1 rings (SSSR count). The van der Waals surface area contributed by atoms with Crippen LogP contribution < -0.4 is 0 Å². The monoisotopic (exact) mass is 232 g/mol. The fourth-order valence-corrected chi connectivity index (χ4v) is 2.43. The Kier molecular flexibility index (Phi) is 5.40. The van der Waals surface area contributed by atoms with Crippen LogP contribution in [-0.2, 0) is 11.2 Å². The number of unbranched alkanes of at least 4 members (excludes halogenated alkanes) is 1. The summed E-state index contributed by atoms with van der Waals surface area (Å²) in [4.78, 5) is 10.4. The van der Waals surface area contributed by atoms with Gasteiger partial charge in [0.05, 0.1) is 0 Å². The first-order chi connectivity index (χ1) is 8.07. The molecule has 0 heterocycles. The molecule has 0 aliphatic heterocycles. The van der Waals surface area contributed by atoms with Gasteiger partial charge in [-0.2, -0.15) is 0 Å². The average Bonchev–Trinajstić information content (AvgIpc) is 2.28. The quantitative estimate of drug-likeness (QED) is 0.523. The maximum atomic E-state index is 10.4. The largest absolute Gasteiger partial charge is 0.303 e. The predicted molar refractivity (Wildman–Crippen MR) is 73.6 cm³/mol. The zero-order valence-corrected chi connectivity index (χ0v) is 11.5. The smallest absolute Gasteiger partial charge is 0.120 e. The zero-order chi connectivity index (χ0) is 12.8. The first-order valence-electron chi connectivity index (χ1n) is 6.63. The third-order valence-corrected chi connectivity index (χ3v) is 3.20. The second-order valence-electron chi connectivity index (χ2n) is 5.29. The molecular weight excluding hydrogens is 208 g/mol. The molecule has 0 saturated carbocycles. The molecule has 0 N–H and O–H groups in total. The van der Waals surface area contributed by atoms with Crippen LogP contribution in [0.4, 0.5) is 0 Å². The second kappa shape index (κ2) is 6.58. The van der Waals surface area contributed by atoms with Gasteiger partial charge in [-0.15, -0.1) is 0 Å². The van der Waals surface area contributed by atoms with Gasteiger partial charge in [-0.05, 0) is 41.4 Å². The van der Waals surface area contributed by atoms with Crippen molar-refractivity contribution in [2.24, 2.45) is 0 Å². The highest BCUT2D eigenvalue weighted by Gasteiger charge is 2.13. The molecule has 0 aromatic heterocycles. The molecule has 0 aliphatic rings. The summed E-state index contributed by atoms with van der Waals surface area (Å²) in [5.41, 5.74) is 4.38. The topological polar surface area (TPSA) is 17.1 Å². The van der Waals surface area contributed by atoms with Crippen LogP contribution in [-0.4, -0.2) is 6.29 Å². The highest BCUT2D eigenvalue weighted by molar-refractivity contribution is 5.49. The van der Waals surface area contributed by atoms with E-state index in [1.54, 1.807) is 0 Å². The number of carbonyl (C=O) groups excluding carboxylic acids is 1. The number of carbonyl (C=O) groups is 1. The molecule has 0 bridgehead atoms. The van der Waals surface area contributed by atoms with Crippen molar-refractivity contribution in [2.75, 3.05) is 0 Å². The highest BCUT2D eigenvalue weighted by atomic mass is 16.1. The molecule has 0 saturated heterocycles. The van der Waals surface area contributed by atoms with Gasteiger partial charge in [-0.25, -0.2) is 0 Å². The van der Waals surface area contributed by atoms with Crippen molar-refractivity contribution in [3.05, 3.63) is 34.9 Å². The number of aldehydes is 1. The number of hydrogen-bond donors (Lipinski definition) is 0. The van der Waals surface area contributed by atoms with E-state index in [-0.39, 0.29) is 0 Å². The Morgan fingerprint density at radius 3 is 2.35 bits per heavy atom. The minimum absolute atomic E-state index is 0.555. The molecule has 0 atom stereocenters. The fourth-order valence-electron chi connectivity index (χ4n) is 2.43. The summed E-state index contributed by atoms with van der Waals surface area (Å²) < 4.78 is 0. The molecule has 17 heavy (non-hydrogen) atoms. The van der Waals surface area contributed by atoms with Gasteiger partial charge in [0.2, 0.25) is 0 Å². The minimum atomic E-state index is 0.555. The summed E-state index contributed by atoms with van der Waals surface area (Å²) in [5, 5.41) is 0. The van der Waals surface area contributed by atoms with Crippen LogP contribution in [0, 0.1) is 0 Å². The van der Waals surface area contributed by atoms with E-state index in [1.807, 2.05) is 0 Å². The van der Waals surface area contributed by atoms with E-state index in [0.29, 0.717) is 18.3 Å². The lowest BCUT2D eigenvalue weighted by Crippen LogP contribution is -2.04. The van der Waals surface area contributed by atoms with E-state index in [9.17, 15) is 4.79 Å². The van der Waals surface area contributed by atoms with Crippen LogP contribution in [0.1, 0.15) is 69.1 Å². The normalized spacial score (nSPS) is 11.2. The van der Waals surface area contributed by atoms with Gasteiger partial charge in [0.25, 0.3) is 0 Å². The van der Waals surface area contributed by atoms with Crippen molar-refractivity contribution in [3.8, 4) is 0 Å². The van der Waals surface area contributed by atoms with Crippen LogP contribution in [0.15, 0.2) is 18.2 Å². The number of benzene rings is 1. The first-order valence-corrected chi connectivity index (χ1v) is 6.63. The minimum Gasteiger partial charge on any atom is -0.303 e. The molecule has 0 spiro atoms. The maximum Gasteiger partial charge on any atom is 0.120 e. The summed E-state index contributed by atoms with van der Waals surface area (Å²) in [6, 6.07) is 6.60. The Morgan fingerprint density at radius 2 is 1.82 bits per heavy atom. The van der Waals surface area contributed by atoms with Crippen molar-refractivity contribution in [1.29, 1.82) is 0 Å². The van der Waals surface area contributed by atoms with E-state index >= 15 is 0 Å². The number of rotatable bonds is 6. The van der Waals surface area contributed by atoms with Gasteiger partial charge in [0.1, 0.15) is 6.29 Å². The van der Waals surface area contributed by atoms with Gasteiger partial charge in [-0.3, -0.25) is 0 Å². The molecule has 0 amide bonds. The van der Waals surface area contributed by atoms with Crippen LogP contribution in [0.3, 0.4) is 0 Å². The lowest BCUT2D eigenvalue weighted by atomic mass is 9.85. The van der Waals surface area contributed by atoms with Gasteiger partial charge < -0.3 is 4.79 Å². The number of hydrogen-bond acceptors (Lipinski definition) is 1. The molecule has 0 unspecified atom stereocenters. The van der Waals surface area contributed by atoms with Crippen molar-refractivity contribution in [3.63, 3.8) is 0 Å². The standard InChI is InChI=1S/C16H24O/c1-12(2)15-10-7-9-14(8-5-6-11-17)16(15)13(3)4/h7,9-13H,5-6,8H2,1-4H3. The van der Waals surface area contributed by atoms with Crippen molar-refractivity contribution in [2.45, 2.75) is 58.8 Å². The Morgan fingerprint density at radius 1 is 1.12 bits per heavy atom. The molecule has 0 aliphatic carbocycles. The van der Waals surface area contributed by atoms with E-state index in [1.165, 1.54) is 16.7 Å². The molecule has 1 nitrogen and oxygen atoms in total. The number of aryl methyl sites for hydroxylation is 1. The van der Waals surface area contributed by atoms with Crippen LogP contribution in [0.25, 0.3) is 0 Å². The second-order valence-corrected chi connectivity index (χ2v) is 5.29. The molecule has 0 radical (unpaired) electrons. The summed E-state index contributed by atoms with van der Waals surface area (Å²) in [5.74, 6) is 1.12. The lowest BCUT2D eigenvalue weighted by molar-refractivity contribution is -0.107. The summed E-state index contributed by atoms with van der Waals surface area (Å²) in [6.07, 6.45) is 3.67. The summed E-state index contributed by atoms with van der Waals surface area (Å²) >= 11 is 0. The SMILES string of the molecule is CC(C)c1cccc(CCCC=O)c1C(C)C. The molecular formula is C16H24O. The van der Waals surface area contributed by atoms with E-state index in [2.05, 4.69) is 45.9 Å².